The van der Waals surface area contributed by atoms with Crippen LogP contribution in [0.4, 0.5) is 9.52 Å². The van der Waals surface area contributed by atoms with Gasteiger partial charge in [-0.3, -0.25) is 9.69 Å². The molecular weight excluding hydrogens is 461 g/mol. The van der Waals surface area contributed by atoms with Crippen molar-refractivity contribution in [3.63, 3.8) is 0 Å². The fourth-order valence-corrected chi connectivity index (χ4v) is 5.50. The minimum Gasteiger partial charge on any atom is -0.338 e. The lowest BCUT2D eigenvalue weighted by molar-refractivity contribution is -0.134. The van der Waals surface area contributed by atoms with Crippen molar-refractivity contribution in [2.75, 3.05) is 44.2 Å². The molecule has 2 saturated heterocycles. The van der Waals surface area contributed by atoms with Gasteiger partial charge in [0.1, 0.15) is 17.7 Å². The molecule has 1 aromatic heterocycles. The van der Waals surface area contributed by atoms with Crippen molar-refractivity contribution < 1.29 is 9.18 Å². The molecule has 3 heterocycles. The largest absolute Gasteiger partial charge is 0.338 e. The number of carbonyl (C=O) groups is 1. The summed E-state index contributed by atoms with van der Waals surface area (Å²) in [7, 11) is 0. The molecule has 0 spiro atoms. The van der Waals surface area contributed by atoms with Crippen LogP contribution in [-0.4, -0.2) is 70.4 Å². The number of rotatable bonds is 7. The van der Waals surface area contributed by atoms with E-state index in [2.05, 4.69) is 38.5 Å². The van der Waals surface area contributed by atoms with Crippen LogP contribution in [0.2, 0.25) is 0 Å². The standard InChI is InChI=1S/C27H30FN5OS/c28-23-12-10-22(11-13-23)20-25-29-27(35-30-25)33-15-5-9-24(33)26(34)32-18-16-31(17-19-32)14-4-8-21-6-2-1-3-7-21/h1-4,6-8,10-13,24H,5,9,14-20H2/b8-4+. The predicted molar refractivity (Wildman–Crippen MR) is 138 cm³/mol. The van der Waals surface area contributed by atoms with Gasteiger partial charge in [0.25, 0.3) is 0 Å². The van der Waals surface area contributed by atoms with Crippen molar-refractivity contribution in [1.82, 2.24) is 19.2 Å². The molecule has 1 unspecified atom stereocenters. The topological polar surface area (TPSA) is 52.6 Å². The Kier molecular flexibility index (Phi) is 7.49. The van der Waals surface area contributed by atoms with Crippen LogP contribution in [-0.2, 0) is 11.2 Å². The SMILES string of the molecule is O=C(C1CCCN1c1nc(Cc2ccc(F)cc2)ns1)N1CCN(C/C=C/c2ccccc2)CC1. The molecule has 35 heavy (non-hydrogen) atoms. The number of hydrogen-bond donors (Lipinski definition) is 0. The maximum absolute atomic E-state index is 13.4. The Morgan fingerprint density at radius 2 is 1.80 bits per heavy atom. The average molecular weight is 492 g/mol. The lowest BCUT2D eigenvalue weighted by Crippen LogP contribution is -2.53. The summed E-state index contributed by atoms with van der Waals surface area (Å²) in [6.07, 6.45) is 6.74. The van der Waals surface area contributed by atoms with E-state index in [0.29, 0.717) is 12.2 Å². The van der Waals surface area contributed by atoms with E-state index in [0.717, 1.165) is 62.8 Å². The third-order valence-electron chi connectivity index (χ3n) is 6.67. The molecule has 0 N–H and O–H groups in total. The first-order chi connectivity index (χ1) is 17.2. The zero-order valence-corrected chi connectivity index (χ0v) is 20.5. The Morgan fingerprint density at radius 1 is 1.03 bits per heavy atom. The van der Waals surface area contributed by atoms with Gasteiger partial charge in [0.15, 0.2) is 0 Å². The number of amides is 1. The van der Waals surface area contributed by atoms with E-state index in [-0.39, 0.29) is 17.8 Å². The minimum absolute atomic E-state index is 0.161. The van der Waals surface area contributed by atoms with Gasteiger partial charge in [-0.25, -0.2) is 9.37 Å². The molecule has 2 fully saturated rings. The molecule has 0 aliphatic carbocycles. The van der Waals surface area contributed by atoms with Crippen molar-refractivity contribution in [2.45, 2.75) is 25.3 Å². The second kappa shape index (κ2) is 11.1. The van der Waals surface area contributed by atoms with Crippen LogP contribution in [0, 0.1) is 5.82 Å². The van der Waals surface area contributed by atoms with Crippen LogP contribution in [0.15, 0.2) is 60.7 Å². The van der Waals surface area contributed by atoms with E-state index in [1.165, 1.54) is 29.2 Å². The smallest absolute Gasteiger partial charge is 0.245 e. The maximum Gasteiger partial charge on any atom is 0.245 e. The van der Waals surface area contributed by atoms with Gasteiger partial charge in [-0.2, -0.15) is 4.37 Å². The molecular formula is C27H30FN5OS. The normalized spacial score (nSPS) is 19.1. The predicted octanol–water partition coefficient (Wildman–Crippen LogP) is 4.09. The summed E-state index contributed by atoms with van der Waals surface area (Å²) in [6.45, 7) is 5.01. The Morgan fingerprint density at radius 3 is 2.57 bits per heavy atom. The molecule has 0 bridgehead atoms. The second-order valence-electron chi connectivity index (χ2n) is 9.09. The number of piperazine rings is 1. The van der Waals surface area contributed by atoms with E-state index >= 15 is 0 Å². The molecule has 0 radical (unpaired) electrons. The number of halogens is 1. The van der Waals surface area contributed by atoms with Crippen molar-refractivity contribution in [2.24, 2.45) is 0 Å². The number of hydrogen-bond acceptors (Lipinski definition) is 6. The summed E-state index contributed by atoms with van der Waals surface area (Å²) in [6, 6.07) is 16.6. The first-order valence-electron chi connectivity index (χ1n) is 12.2. The van der Waals surface area contributed by atoms with Gasteiger partial charge in [0, 0.05) is 57.2 Å². The molecule has 6 nitrogen and oxygen atoms in total. The Balaban J connectivity index is 1.14. The number of anilines is 1. The Hall–Kier alpha value is -3.10. The lowest BCUT2D eigenvalue weighted by atomic mass is 10.1. The van der Waals surface area contributed by atoms with E-state index in [9.17, 15) is 9.18 Å². The summed E-state index contributed by atoms with van der Waals surface area (Å²) in [5.41, 5.74) is 2.18. The Labute approximate surface area is 209 Å². The van der Waals surface area contributed by atoms with Crippen molar-refractivity contribution in [3.8, 4) is 0 Å². The van der Waals surface area contributed by atoms with Crippen molar-refractivity contribution in [1.29, 1.82) is 0 Å². The highest BCUT2D eigenvalue weighted by atomic mass is 32.1. The Bertz CT molecular complexity index is 1140. The number of carbonyl (C=O) groups excluding carboxylic acids is 1. The highest BCUT2D eigenvalue weighted by Gasteiger charge is 2.36. The third kappa shape index (κ3) is 5.94. The van der Waals surface area contributed by atoms with Gasteiger partial charge in [-0.1, -0.05) is 54.6 Å². The van der Waals surface area contributed by atoms with Gasteiger partial charge in [0.05, 0.1) is 0 Å². The molecule has 2 aliphatic heterocycles. The average Bonchev–Trinajstić information content (AvgIpc) is 3.56. The molecule has 0 saturated carbocycles. The van der Waals surface area contributed by atoms with E-state index in [4.69, 9.17) is 4.98 Å². The highest BCUT2D eigenvalue weighted by molar-refractivity contribution is 7.09. The molecule has 2 aliphatic rings. The fraction of sp³-hybridized carbons (Fsp3) is 0.370. The zero-order chi connectivity index (χ0) is 24.0. The maximum atomic E-state index is 13.4. The van der Waals surface area contributed by atoms with Gasteiger partial charge < -0.3 is 9.80 Å². The van der Waals surface area contributed by atoms with E-state index < -0.39 is 0 Å². The summed E-state index contributed by atoms with van der Waals surface area (Å²) < 4.78 is 17.7. The van der Waals surface area contributed by atoms with Gasteiger partial charge in [-0.15, -0.1) is 0 Å². The minimum atomic E-state index is -0.247. The summed E-state index contributed by atoms with van der Waals surface area (Å²) in [5.74, 6) is 0.674. The van der Waals surface area contributed by atoms with Crippen LogP contribution >= 0.6 is 11.5 Å². The van der Waals surface area contributed by atoms with Crippen molar-refractivity contribution >= 4 is 28.6 Å². The number of nitrogens with zero attached hydrogens (tertiary/aromatic N) is 5. The van der Waals surface area contributed by atoms with Crippen LogP contribution in [0.5, 0.6) is 0 Å². The van der Waals surface area contributed by atoms with Crippen molar-refractivity contribution in [3.05, 3.63) is 83.4 Å². The number of aromatic nitrogens is 2. The zero-order valence-electron chi connectivity index (χ0n) is 19.7. The second-order valence-corrected chi connectivity index (χ2v) is 9.82. The summed E-state index contributed by atoms with van der Waals surface area (Å²) in [5, 5.41) is 0.808. The lowest BCUT2D eigenvalue weighted by Gasteiger charge is -2.36. The molecule has 8 heteroatoms. The van der Waals surface area contributed by atoms with E-state index in [1.54, 1.807) is 12.1 Å². The highest BCUT2D eigenvalue weighted by Crippen LogP contribution is 2.29. The first kappa shape index (κ1) is 23.6. The number of benzene rings is 2. The van der Waals surface area contributed by atoms with Gasteiger partial charge in [-0.05, 0) is 36.1 Å². The summed E-state index contributed by atoms with van der Waals surface area (Å²) >= 11 is 1.35. The molecule has 2 aromatic carbocycles. The van der Waals surface area contributed by atoms with Gasteiger partial charge >= 0.3 is 0 Å². The monoisotopic (exact) mass is 491 g/mol. The molecule has 182 valence electrons. The molecule has 1 atom stereocenters. The van der Waals surface area contributed by atoms with Crippen LogP contribution in [0.1, 0.15) is 29.8 Å². The van der Waals surface area contributed by atoms with E-state index in [1.807, 2.05) is 23.1 Å². The molecule has 3 aromatic rings. The van der Waals surface area contributed by atoms with Gasteiger partial charge in [0.2, 0.25) is 11.0 Å². The first-order valence-corrected chi connectivity index (χ1v) is 13.0. The van der Waals surface area contributed by atoms with Crippen LogP contribution in [0.3, 0.4) is 0 Å². The molecule has 5 rings (SSSR count). The molecule has 1 amide bonds. The van der Waals surface area contributed by atoms with Crippen LogP contribution in [0.25, 0.3) is 6.08 Å². The quantitative estimate of drug-likeness (QED) is 0.498. The third-order valence-corrected chi connectivity index (χ3v) is 7.47. The fourth-order valence-electron chi connectivity index (χ4n) is 4.73. The summed E-state index contributed by atoms with van der Waals surface area (Å²) in [4.78, 5) is 24.6. The van der Waals surface area contributed by atoms with Crippen LogP contribution < -0.4 is 4.90 Å².